The molecule has 1 N–H and O–H groups in total. The Kier molecular flexibility index (Phi) is 1.90. The average Bonchev–Trinajstić information content (AvgIpc) is 2.70. The number of imide groups is 1. The molecule has 76 valence electrons. The predicted octanol–water partition coefficient (Wildman–Crippen LogP) is -0.652. The first-order valence-electron chi connectivity index (χ1n) is 4.18. The minimum Gasteiger partial charge on any atom is -0.328 e. The maximum atomic E-state index is 11.3. The van der Waals surface area contributed by atoms with E-state index in [1.54, 1.807) is 7.05 Å². The maximum Gasteiger partial charge on any atom is 0.330 e. The Labute approximate surface area is 84.9 Å². The van der Waals surface area contributed by atoms with Crippen molar-refractivity contribution in [1.82, 2.24) is 15.1 Å². The van der Waals surface area contributed by atoms with Crippen molar-refractivity contribution >= 4 is 17.8 Å². The monoisotopic (exact) mass is 205 g/mol. The molecule has 0 atom stereocenters. The number of carbonyl (C=O) groups excluding carboxylic acids is 2. The normalized spacial score (nSPS) is 15.3. The molecule has 0 aliphatic carbocycles. The van der Waals surface area contributed by atoms with E-state index in [-0.39, 0.29) is 17.9 Å². The van der Waals surface area contributed by atoms with Crippen molar-refractivity contribution in [3.8, 4) is 6.07 Å². The number of nitriles is 1. The van der Waals surface area contributed by atoms with Gasteiger partial charge in [0, 0.05) is 13.2 Å². The molecule has 0 spiro atoms. The lowest BCUT2D eigenvalue weighted by Crippen LogP contribution is -2.31. The molecule has 1 saturated heterocycles. The van der Waals surface area contributed by atoms with Gasteiger partial charge in [-0.2, -0.15) is 10.4 Å². The number of hydrogen-bond acceptors (Lipinski definition) is 4. The number of nitrogens with one attached hydrogen (secondary N) is 1. The van der Waals surface area contributed by atoms with Crippen LogP contribution in [0.15, 0.2) is 6.20 Å². The second-order valence-electron chi connectivity index (χ2n) is 3.04. The van der Waals surface area contributed by atoms with Crippen LogP contribution >= 0.6 is 0 Å². The fraction of sp³-hybridized carbons (Fsp3) is 0.250. The third kappa shape index (κ3) is 1.32. The Morgan fingerprint density at radius 3 is 2.87 bits per heavy atom. The Balaban J connectivity index is 2.49. The van der Waals surface area contributed by atoms with Crippen molar-refractivity contribution in [2.75, 3.05) is 11.4 Å². The van der Waals surface area contributed by atoms with Gasteiger partial charge in [-0.05, 0) is 0 Å². The second kappa shape index (κ2) is 3.09. The average molecular weight is 205 g/mol. The molecule has 1 aliphatic rings. The molecule has 0 aromatic carbocycles. The third-order valence-corrected chi connectivity index (χ3v) is 1.98. The number of hydrogen-bond donors (Lipinski definition) is 1. The van der Waals surface area contributed by atoms with E-state index < -0.39 is 11.9 Å². The lowest BCUT2D eigenvalue weighted by atomic mass is 10.3. The topological polar surface area (TPSA) is 91.0 Å². The molecule has 2 rings (SSSR count). The molecule has 15 heavy (non-hydrogen) atoms. The standard InChI is InChI=1S/C8H7N5O2/c1-12-4-5(2-9)7(11-12)13-6(14)3-10-8(13)15/h4H,3H2,1H3,(H,10,15). The van der Waals surface area contributed by atoms with E-state index in [9.17, 15) is 9.59 Å². The molecule has 2 heterocycles. The van der Waals surface area contributed by atoms with Crippen LogP contribution in [0.25, 0.3) is 0 Å². The molecule has 0 bridgehead atoms. The molecular formula is C8H7N5O2. The minimum absolute atomic E-state index is 0.0553. The molecule has 1 fully saturated rings. The van der Waals surface area contributed by atoms with E-state index in [0.717, 1.165) is 4.90 Å². The Morgan fingerprint density at radius 1 is 1.60 bits per heavy atom. The summed E-state index contributed by atoms with van der Waals surface area (Å²) in [5.74, 6) is -0.324. The Hall–Kier alpha value is -2.36. The summed E-state index contributed by atoms with van der Waals surface area (Å²) < 4.78 is 1.38. The second-order valence-corrected chi connectivity index (χ2v) is 3.04. The molecule has 0 unspecified atom stereocenters. The van der Waals surface area contributed by atoms with Crippen LogP contribution in [-0.2, 0) is 11.8 Å². The van der Waals surface area contributed by atoms with Crippen LogP contribution in [0.2, 0.25) is 0 Å². The van der Waals surface area contributed by atoms with Gasteiger partial charge in [0.2, 0.25) is 0 Å². The zero-order chi connectivity index (χ0) is 11.0. The Morgan fingerprint density at radius 2 is 2.33 bits per heavy atom. The quantitative estimate of drug-likeness (QED) is 0.616. The number of anilines is 1. The summed E-state index contributed by atoms with van der Waals surface area (Å²) in [5.41, 5.74) is 0.197. The molecular weight excluding hydrogens is 198 g/mol. The van der Waals surface area contributed by atoms with Gasteiger partial charge in [0.15, 0.2) is 5.82 Å². The van der Waals surface area contributed by atoms with Crippen LogP contribution in [0.1, 0.15) is 5.56 Å². The summed E-state index contributed by atoms with van der Waals surface area (Å²) in [4.78, 5) is 23.5. The first-order chi connectivity index (χ1) is 7.13. The van der Waals surface area contributed by atoms with Crippen molar-refractivity contribution in [1.29, 1.82) is 5.26 Å². The van der Waals surface area contributed by atoms with Crippen LogP contribution < -0.4 is 10.2 Å². The fourth-order valence-electron chi connectivity index (χ4n) is 1.36. The van der Waals surface area contributed by atoms with Gasteiger partial charge in [-0.15, -0.1) is 0 Å². The van der Waals surface area contributed by atoms with Crippen molar-refractivity contribution < 1.29 is 9.59 Å². The highest BCUT2D eigenvalue weighted by Gasteiger charge is 2.33. The summed E-state index contributed by atoms with van der Waals surface area (Å²) in [6.07, 6.45) is 1.45. The highest BCUT2D eigenvalue weighted by atomic mass is 16.2. The van der Waals surface area contributed by atoms with Crippen LogP contribution in [-0.4, -0.2) is 28.3 Å². The van der Waals surface area contributed by atoms with Gasteiger partial charge in [-0.25, -0.2) is 9.69 Å². The van der Waals surface area contributed by atoms with Gasteiger partial charge in [-0.1, -0.05) is 0 Å². The van der Waals surface area contributed by atoms with E-state index in [2.05, 4.69) is 10.4 Å². The van der Waals surface area contributed by atoms with Crippen LogP contribution in [0.5, 0.6) is 0 Å². The molecule has 0 saturated carbocycles. The molecule has 7 nitrogen and oxygen atoms in total. The van der Waals surface area contributed by atoms with Crippen molar-refractivity contribution in [2.45, 2.75) is 0 Å². The van der Waals surface area contributed by atoms with Gasteiger partial charge >= 0.3 is 6.03 Å². The third-order valence-electron chi connectivity index (χ3n) is 1.98. The number of amides is 3. The molecule has 7 heteroatoms. The van der Waals surface area contributed by atoms with E-state index in [1.165, 1.54) is 10.9 Å². The van der Waals surface area contributed by atoms with E-state index >= 15 is 0 Å². The molecule has 1 aromatic rings. The number of urea groups is 1. The summed E-state index contributed by atoms with van der Waals surface area (Å²) in [5, 5.41) is 15.1. The smallest absolute Gasteiger partial charge is 0.328 e. The summed E-state index contributed by atoms with van der Waals surface area (Å²) in [7, 11) is 1.61. The van der Waals surface area contributed by atoms with Crippen molar-refractivity contribution in [3.63, 3.8) is 0 Å². The SMILES string of the molecule is Cn1cc(C#N)c(N2C(=O)CNC2=O)n1. The van der Waals surface area contributed by atoms with E-state index in [1.807, 2.05) is 6.07 Å². The molecule has 3 amide bonds. The number of rotatable bonds is 1. The summed E-state index contributed by atoms with van der Waals surface area (Å²) in [6.45, 7) is -0.0553. The number of carbonyl (C=O) groups is 2. The minimum atomic E-state index is -0.546. The van der Waals surface area contributed by atoms with Gasteiger partial charge < -0.3 is 5.32 Å². The van der Waals surface area contributed by atoms with Crippen LogP contribution in [0.3, 0.4) is 0 Å². The fourth-order valence-corrected chi connectivity index (χ4v) is 1.36. The first-order valence-corrected chi connectivity index (χ1v) is 4.18. The van der Waals surface area contributed by atoms with E-state index in [4.69, 9.17) is 5.26 Å². The van der Waals surface area contributed by atoms with Gasteiger partial charge in [0.05, 0.1) is 6.54 Å². The number of nitrogens with zero attached hydrogens (tertiary/aromatic N) is 4. The molecule has 1 aliphatic heterocycles. The van der Waals surface area contributed by atoms with Crippen molar-refractivity contribution in [2.24, 2.45) is 7.05 Å². The van der Waals surface area contributed by atoms with Gasteiger partial charge in [-0.3, -0.25) is 9.48 Å². The number of aromatic nitrogens is 2. The molecule has 0 radical (unpaired) electrons. The predicted molar refractivity (Wildman–Crippen MR) is 48.8 cm³/mol. The van der Waals surface area contributed by atoms with Gasteiger partial charge in [0.1, 0.15) is 11.6 Å². The Bertz CT molecular complexity index is 468. The summed E-state index contributed by atoms with van der Waals surface area (Å²) in [6, 6.07) is 1.33. The lowest BCUT2D eigenvalue weighted by molar-refractivity contribution is -0.115. The summed E-state index contributed by atoms with van der Waals surface area (Å²) >= 11 is 0. The number of aryl methyl sites for hydroxylation is 1. The van der Waals surface area contributed by atoms with E-state index in [0.29, 0.717) is 0 Å². The zero-order valence-electron chi connectivity index (χ0n) is 7.89. The lowest BCUT2D eigenvalue weighted by Gasteiger charge is -2.07. The zero-order valence-corrected chi connectivity index (χ0v) is 7.89. The highest BCUT2D eigenvalue weighted by Crippen LogP contribution is 2.19. The van der Waals surface area contributed by atoms with Crippen LogP contribution in [0.4, 0.5) is 10.6 Å². The van der Waals surface area contributed by atoms with Crippen LogP contribution in [0, 0.1) is 11.3 Å². The van der Waals surface area contributed by atoms with Crippen molar-refractivity contribution in [3.05, 3.63) is 11.8 Å². The van der Waals surface area contributed by atoms with Gasteiger partial charge in [0.25, 0.3) is 5.91 Å². The highest BCUT2D eigenvalue weighted by molar-refractivity contribution is 6.19. The largest absolute Gasteiger partial charge is 0.330 e. The maximum absolute atomic E-state index is 11.3. The first kappa shape index (κ1) is 9.21. The molecule has 1 aromatic heterocycles.